The quantitative estimate of drug-likeness (QED) is 0.709. The number of aromatic nitrogens is 2. The number of hydrogen-bond donors (Lipinski definition) is 2. The van der Waals surface area contributed by atoms with Gasteiger partial charge >= 0.3 is 0 Å². The van der Waals surface area contributed by atoms with Crippen molar-refractivity contribution < 1.29 is 9.84 Å². The van der Waals surface area contributed by atoms with Crippen LogP contribution in [0.4, 0.5) is 0 Å². The number of aliphatic hydroxyl groups is 1. The molecule has 1 heterocycles. The summed E-state index contributed by atoms with van der Waals surface area (Å²) < 4.78 is 5.79. The van der Waals surface area contributed by atoms with E-state index in [0.29, 0.717) is 29.9 Å². The number of nitriles is 1. The van der Waals surface area contributed by atoms with Gasteiger partial charge in [-0.05, 0) is 17.5 Å². The highest BCUT2D eigenvalue weighted by Gasteiger charge is 2.17. The van der Waals surface area contributed by atoms with Crippen LogP contribution in [-0.2, 0) is 0 Å². The minimum atomic E-state index is 0.0675. The Balaban J connectivity index is 2.22. The molecule has 0 atom stereocenters. The van der Waals surface area contributed by atoms with Gasteiger partial charge in [0.2, 0.25) is 0 Å². The van der Waals surface area contributed by atoms with Crippen LogP contribution in [-0.4, -0.2) is 28.5 Å². The average molecular weight is 293 g/mol. The summed E-state index contributed by atoms with van der Waals surface area (Å²) in [5.41, 5.74) is 2.00. The molecule has 2 aromatic carbocycles. The summed E-state index contributed by atoms with van der Waals surface area (Å²) in [5.74, 6) is 0.618. The second-order valence-corrected chi connectivity index (χ2v) is 4.85. The third kappa shape index (κ3) is 2.52. The molecule has 5 heteroatoms. The predicted octanol–water partition coefficient (Wildman–Crippen LogP) is 2.86. The van der Waals surface area contributed by atoms with E-state index in [0.717, 1.165) is 16.5 Å². The first kappa shape index (κ1) is 14.1. The molecule has 110 valence electrons. The molecule has 3 aromatic rings. The lowest BCUT2D eigenvalue weighted by atomic mass is 9.96. The van der Waals surface area contributed by atoms with Crippen molar-refractivity contribution in [2.45, 2.75) is 6.42 Å². The van der Waals surface area contributed by atoms with Crippen molar-refractivity contribution in [2.75, 3.05) is 13.2 Å². The van der Waals surface area contributed by atoms with Gasteiger partial charge in [0, 0.05) is 24.6 Å². The van der Waals surface area contributed by atoms with Crippen LogP contribution >= 0.6 is 0 Å². The number of nitrogens with one attached hydrogen (secondary N) is 1. The van der Waals surface area contributed by atoms with Crippen molar-refractivity contribution in [3.8, 4) is 23.1 Å². The number of rotatable bonds is 5. The number of H-pyrrole nitrogens is 1. The highest BCUT2D eigenvalue weighted by atomic mass is 16.5. The summed E-state index contributed by atoms with van der Waals surface area (Å²) in [4.78, 5) is 0. The lowest BCUT2D eigenvalue weighted by Gasteiger charge is -2.14. The lowest BCUT2D eigenvalue weighted by Crippen LogP contribution is -2.02. The topological polar surface area (TPSA) is 81.9 Å². The first-order valence-electron chi connectivity index (χ1n) is 7.04. The molecule has 0 saturated carbocycles. The van der Waals surface area contributed by atoms with Gasteiger partial charge in [-0.3, -0.25) is 5.10 Å². The van der Waals surface area contributed by atoms with Gasteiger partial charge in [0.1, 0.15) is 11.8 Å². The summed E-state index contributed by atoms with van der Waals surface area (Å²) >= 11 is 0. The molecule has 0 aliphatic carbocycles. The normalized spacial score (nSPS) is 10.5. The number of aliphatic hydroxyl groups excluding tert-OH is 1. The maximum absolute atomic E-state index is 9.63. The molecule has 3 rings (SSSR count). The molecule has 0 aliphatic heterocycles. The average Bonchev–Trinajstić information content (AvgIpc) is 3.07. The minimum Gasteiger partial charge on any atom is -0.493 e. The largest absolute Gasteiger partial charge is 0.493 e. The van der Waals surface area contributed by atoms with E-state index < -0.39 is 0 Å². The van der Waals surface area contributed by atoms with Crippen molar-refractivity contribution in [2.24, 2.45) is 0 Å². The van der Waals surface area contributed by atoms with Crippen LogP contribution in [0.1, 0.15) is 12.0 Å². The Labute approximate surface area is 127 Å². The monoisotopic (exact) mass is 293 g/mol. The predicted molar refractivity (Wildman–Crippen MR) is 83.4 cm³/mol. The van der Waals surface area contributed by atoms with E-state index >= 15 is 0 Å². The first-order chi connectivity index (χ1) is 10.8. The van der Waals surface area contributed by atoms with Gasteiger partial charge in [-0.25, -0.2) is 0 Å². The molecule has 22 heavy (non-hydrogen) atoms. The van der Waals surface area contributed by atoms with Crippen LogP contribution < -0.4 is 4.74 Å². The van der Waals surface area contributed by atoms with Crippen LogP contribution in [0.5, 0.6) is 5.75 Å². The van der Waals surface area contributed by atoms with Gasteiger partial charge in [-0.15, -0.1) is 0 Å². The van der Waals surface area contributed by atoms with Gasteiger partial charge in [0.25, 0.3) is 0 Å². The molecular formula is C17H15N3O2. The zero-order valence-corrected chi connectivity index (χ0v) is 11.9. The molecular weight excluding hydrogens is 278 g/mol. The second kappa shape index (κ2) is 6.29. The SMILES string of the molecule is N#Cc1c(-c2ccn[nH]2)c(OCCCO)cc2ccccc12. The van der Waals surface area contributed by atoms with Gasteiger partial charge in [-0.1, -0.05) is 24.3 Å². The third-order valence-electron chi connectivity index (χ3n) is 3.46. The van der Waals surface area contributed by atoms with Gasteiger partial charge in [0.15, 0.2) is 0 Å². The Morgan fingerprint density at radius 1 is 1.27 bits per heavy atom. The van der Waals surface area contributed by atoms with Crippen LogP contribution in [0.3, 0.4) is 0 Å². The number of hydrogen-bond acceptors (Lipinski definition) is 4. The van der Waals surface area contributed by atoms with Gasteiger partial charge in [0.05, 0.1) is 23.4 Å². The van der Waals surface area contributed by atoms with Crippen LogP contribution in [0.15, 0.2) is 42.6 Å². The van der Waals surface area contributed by atoms with Crippen LogP contribution in [0.25, 0.3) is 22.0 Å². The highest BCUT2D eigenvalue weighted by molar-refractivity contribution is 5.96. The fraction of sp³-hybridized carbons (Fsp3) is 0.176. The first-order valence-corrected chi connectivity index (χ1v) is 7.04. The molecule has 0 spiro atoms. The number of fused-ring (bicyclic) bond motifs is 1. The van der Waals surface area contributed by atoms with E-state index in [1.807, 2.05) is 36.4 Å². The van der Waals surface area contributed by atoms with Crippen LogP contribution in [0, 0.1) is 11.3 Å². The van der Waals surface area contributed by atoms with Crippen LogP contribution in [0.2, 0.25) is 0 Å². The van der Waals surface area contributed by atoms with Crippen molar-refractivity contribution in [3.63, 3.8) is 0 Å². The molecule has 0 radical (unpaired) electrons. The van der Waals surface area contributed by atoms with Crippen molar-refractivity contribution in [3.05, 3.63) is 48.2 Å². The standard InChI is InChI=1S/C17H15N3O2/c18-11-14-13-5-2-1-4-12(13)10-16(22-9-3-8-21)17(14)15-6-7-19-20-15/h1-2,4-7,10,21H,3,8-9H2,(H,19,20). The minimum absolute atomic E-state index is 0.0675. The van der Waals surface area contributed by atoms with Gasteiger partial charge in [-0.2, -0.15) is 10.4 Å². The molecule has 5 nitrogen and oxygen atoms in total. The molecule has 2 N–H and O–H groups in total. The van der Waals surface area contributed by atoms with Crippen molar-refractivity contribution >= 4 is 10.8 Å². The zero-order chi connectivity index (χ0) is 15.4. The number of ether oxygens (including phenoxy) is 1. The molecule has 0 amide bonds. The fourth-order valence-corrected chi connectivity index (χ4v) is 2.46. The Bertz CT molecular complexity index is 820. The summed E-state index contributed by atoms with van der Waals surface area (Å²) in [6.45, 7) is 0.457. The van der Waals surface area contributed by atoms with E-state index in [4.69, 9.17) is 9.84 Å². The molecule has 0 aliphatic rings. The molecule has 1 aromatic heterocycles. The molecule has 0 fully saturated rings. The highest BCUT2D eigenvalue weighted by Crippen LogP contribution is 2.37. The number of benzene rings is 2. The summed E-state index contributed by atoms with van der Waals surface area (Å²) in [5, 5.41) is 27.2. The Kier molecular flexibility index (Phi) is 4.03. The van der Waals surface area contributed by atoms with Gasteiger partial charge < -0.3 is 9.84 Å². The maximum Gasteiger partial charge on any atom is 0.130 e. The Morgan fingerprint density at radius 2 is 2.14 bits per heavy atom. The molecule has 0 bridgehead atoms. The molecule has 0 saturated heterocycles. The third-order valence-corrected chi connectivity index (χ3v) is 3.46. The number of nitrogens with zero attached hydrogens (tertiary/aromatic N) is 2. The van der Waals surface area contributed by atoms with E-state index in [2.05, 4.69) is 16.3 Å². The second-order valence-electron chi connectivity index (χ2n) is 4.85. The Hall–Kier alpha value is -2.84. The smallest absolute Gasteiger partial charge is 0.130 e. The van der Waals surface area contributed by atoms with E-state index in [9.17, 15) is 5.26 Å². The maximum atomic E-state index is 9.63. The van der Waals surface area contributed by atoms with E-state index in [-0.39, 0.29) is 6.61 Å². The molecule has 0 unspecified atom stereocenters. The Morgan fingerprint density at radius 3 is 2.86 bits per heavy atom. The fourth-order valence-electron chi connectivity index (χ4n) is 2.46. The summed E-state index contributed by atoms with van der Waals surface area (Å²) in [6.07, 6.45) is 2.18. The van der Waals surface area contributed by atoms with E-state index in [1.54, 1.807) is 6.20 Å². The zero-order valence-electron chi connectivity index (χ0n) is 11.9. The summed E-state index contributed by atoms with van der Waals surface area (Å²) in [6, 6.07) is 13.7. The number of aromatic amines is 1. The summed E-state index contributed by atoms with van der Waals surface area (Å²) in [7, 11) is 0. The lowest BCUT2D eigenvalue weighted by molar-refractivity contribution is 0.234. The van der Waals surface area contributed by atoms with Crippen molar-refractivity contribution in [1.82, 2.24) is 10.2 Å². The van der Waals surface area contributed by atoms with E-state index in [1.165, 1.54) is 0 Å². The van der Waals surface area contributed by atoms with Crippen molar-refractivity contribution in [1.29, 1.82) is 5.26 Å².